The van der Waals surface area contributed by atoms with Crippen LogP contribution in [0.2, 0.25) is 0 Å². The number of rotatable bonds is 2. The van der Waals surface area contributed by atoms with E-state index in [0.717, 1.165) is 12.8 Å². The maximum Gasteiger partial charge on any atom is 0.224 e. The second-order valence-electron chi connectivity index (χ2n) is 6.61. The second kappa shape index (κ2) is 5.38. The summed E-state index contributed by atoms with van der Waals surface area (Å²) in [5, 5.41) is 0. The monoisotopic (exact) mass is 240 g/mol. The van der Waals surface area contributed by atoms with E-state index < -0.39 is 0 Å². The van der Waals surface area contributed by atoms with E-state index in [9.17, 15) is 4.79 Å². The van der Waals surface area contributed by atoms with E-state index >= 15 is 0 Å². The van der Waals surface area contributed by atoms with Gasteiger partial charge in [-0.1, -0.05) is 20.8 Å². The molecule has 0 bridgehead atoms. The van der Waals surface area contributed by atoms with Crippen LogP contribution in [0, 0.1) is 5.41 Å². The minimum atomic E-state index is -0.0590. The number of hydrogen-bond donors (Lipinski definition) is 1. The lowest BCUT2D eigenvalue weighted by Gasteiger charge is -2.40. The van der Waals surface area contributed by atoms with Gasteiger partial charge in [0.15, 0.2) is 0 Å². The van der Waals surface area contributed by atoms with Crippen molar-refractivity contribution in [3.8, 4) is 0 Å². The smallest absolute Gasteiger partial charge is 0.224 e. The van der Waals surface area contributed by atoms with Gasteiger partial charge in [-0.25, -0.2) is 0 Å². The molecule has 1 saturated heterocycles. The molecule has 1 fully saturated rings. The third kappa shape index (κ3) is 3.70. The standard InChI is InChI=1S/C14H28N2O/c1-10-7-6-8-11(2)16(10)13(17)9-12(15)14(3,4)5/h10-12H,6-9,15H2,1-5H3. The van der Waals surface area contributed by atoms with E-state index in [4.69, 9.17) is 5.73 Å². The lowest BCUT2D eigenvalue weighted by atomic mass is 9.84. The molecule has 1 amide bonds. The van der Waals surface area contributed by atoms with E-state index in [1.165, 1.54) is 6.42 Å². The molecule has 0 aromatic heterocycles. The maximum atomic E-state index is 12.3. The summed E-state index contributed by atoms with van der Waals surface area (Å²) in [5.41, 5.74) is 6.10. The van der Waals surface area contributed by atoms with Crippen molar-refractivity contribution in [3.63, 3.8) is 0 Å². The average molecular weight is 240 g/mol. The summed E-state index contributed by atoms with van der Waals surface area (Å²) in [7, 11) is 0. The summed E-state index contributed by atoms with van der Waals surface area (Å²) in [4.78, 5) is 14.4. The van der Waals surface area contributed by atoms with E-state index in [1.54, 1.807) is 0 Å². The third-order valence-electron chi connectivity index (χ3n) is 3.99. The van der Waals surface area contributed by atoms with Crippen LogP contribution in [0.3, 0.4) is 0 Å². The Morgan fingerprint density at radius 1 is 1.29 bits per heavy atom. The number of nitrogens with zero attached hydrogens (tertiary/aromatic N) is 1. The highest BCUT2D eigenvalue weighted by Gasteiger charge is 2.31. The van der Waals surface area contributed by atoms with Crippen LogP contribution >= 0.6 is 0 Å². The molecular weight excluding hydrogens is 212 g/mol. The molecule has 0 spiro atoms. The zero-order valence-corrected chi connectivity index (χ0v) is 12.0. The number of likely N-dealkylation sites (tertiary alicyclic amines) is 1. The van der Waals surface area contributed by atoms with Crippen LogP contribution < -0.4 is 5.73 Å². The molecule has 1 rings (SSSR count). The maximum absolute atomic E-state index is 12.3. The minimum absolute atomic E-state index is 0.00206. The van der Waals surface area contributed by atoms with Gasteiger partial charge in [0, 0.05) is 24.5 Å². The molecule has 0 saturated carbocycles. The summed E-state index contributed by atoms with van der Waals surface area (Å²) in [6.45, 7) is 10.6. The molecule has 3 heteroatoms. The SMILES string of the molecule is CC1CCCC(C)N1C(=O)CC(N)C(C)(C)C. The molecule has 1 aliphatic rings. The van der Waals surface area contributed by atoms with Gasteiger partial charge in [0.05, 0.1) is 0 Å². The summed E-state index contributed by atoms with van der Waals surface area (Å²) >= 11 is 0. The fourth-order valence-electron chi connectivity index (χ4n) is 2.51. The molecule has 1 aliphatic heterocycles. The van der Waals surface area contributed by atoms with Gasteiger partial charge in [-0.2, -0.15) is 0 Å². The summed E-state index contributed by atoms with van der Waals surface area (Å²) in [6, 6.07) is 0.688. The summed E-state index contributed by atoms with van der Waals surface area (Å²) in [5.74, 6) is 0.229. The third-order valence-corrected chi connectivity index (χ3v) is 3.99. The minimum Gasteiger partial charge on any atom is -0.337 e. The van der Waals surface area contributed by atoms with E-state index in [2.05, 4.69) is 39.5 Å². The van der Waals surface area contributed by atoms with Crippen molar-refractivity contribution in [2.45, 2.75) is 78.4 Å². The predicted octanol–water partition coefficient (Wildman–Crippen LogP) is 2.54. The molecule has 1 heterocycles. The molecule has 3 unspecified atom stereocenters. The van der Waals surface area contributed by atoms with Crippen LogP contribution in [0.4, 0.5) is 0 Å². The highest BCUT2D eigenvalue weighted by Crippen LogP contribution is 2.26. The second-order valence-corrected chi connectivity index (χ2v) is 6.61. The Kier molecular flexibility index (Phi) is 4.59. The predicted molar refractivity (Wildman–Crippen MR) is 71.7 cm³/mol. The summed E-state index contributed by atoms with van der Waals surface area (Å²) < 4.78 is 0. The molecule has 100 valence electrons. The van der Waals surface area contributed by atoms with Crippen LogP contribution in [0.1, 0.15) is 60.3 Å². The number of carbonyl (C=O) groups is 1. The first kappa shape index (κ1) is 14.5. The molecule has 0 aromatic carbocycles. The number of amides is 1. The van der Waals surface area contributed by atoms with Gasteiger partial charge in [-0.15, -0.1) is 0 Å². The number of hydrogen-bond acceptors (Lipinski definition) is 2. The highest BCUT2D eigenvalue weighted by molar-refractivity contribution is 5.77. The lowest BCUT2D eigenvalue weighted by Crippen LogP contribution is -2.50. The van der Waals surface area contributed by atoms with E-state index in [-0.39, 0.29) is 17.4 Å². The number of piperidine rings is 1. The fourth-order valence-corrected chi connectivity index (χ4v) is 2.51. The Hall–Kier alpha value is -0.570. The molecule has 0 aromatic rings. The topological polar surface area (TPSA) is 46.3 Å². The zero-order chi connectivity index (χ0) is 13.2. The Bertz CT molecular complexity index is 260. The normalized spacial score (nSPS) is 28.0. The molecule has 0 radical (unpaired) electrons. The molecule has 3 nitrogen and oxygen atoms in total. The average Bonchev–Trinajstić information content (AvgIpc) is 2.15. The van der Waals surface area contributed by atoms with Crippen LogP contribution in [-0.2, 0) is 4.79 Å². The van der Waals surface area contributed by atoms with Crippen molar-refractivity contribution in [1.82, 2.24) is 4.90 Å². The molecule has 0 aliphatic carbocycles. The van der Waals surface area contributed by atoms with E-state index in [1.807, 2.05) is 0 Å². The first-order chi connectivity index (χ1) is 7.73. The molecule has 3 atom stereocenters. The van der Waals surface area contributed by atoms with Gasteiger partial charge in [0.2, 0.25) is 5.91 Å². The largest absolute Gasteiger partial charge is 0.337 e. The first-order valence-electron chi connectivity index (χ1n) is 6.80. The van der Waals surface area contributed by atoms with Crippen LogP contribution in [0.25, 0.3) is 0 Å². The zero-order valence-electron chi connectivity index (χ0n) is 12.0. The number of carbonyl (C=O) groups excluding carboxylic acids is 1. The van der Waals surface area contributed by atoms with Crippen molar-refractivity contribution >= 4 is 5.91 Å². The number of nitrogens with two attached hydrogens (primary N) is 1. The lowest BCUT2D eigenvalue weighted by molar-refractivity contribution is -0.138. The van der Waals surface area contributed by atoms with Gasteiger partial charge in [0.25, 0.3) is 0 Å². The van der Waals surface area contributed by atoms with Crippen molar-refractivity contribution in [2.75, 3.05) is 0 Å². The van der Waals surface area contributed by atoms with Gasteiger partial charge in [-0.05, 0) is 38.5 Å². The van der Waals surface area contributed by atoms with Crippen LogP contribution in [0.5, 0.6) is 0 Å². The Morgan fingerprint density at radius 3 is 2.18 bits per heavy atom. The molecule has 17 heavy (non-hydrogen) atoms. The molecular formula is C14H28N2O. The van der Waals surface area contributed by atoms with Crippen molar-refractivity contribution < 1.29 is 4.79 Å². The molecule has 2 N–H and O–H groups in total. The van der Waals surface area contributed by atoms with Gasteiger partial charge in [-0.3, -0.25) is 4.79 Å². The highest BCUT2D eigenvalue weighted by atomic mass is 16.2. The first-order valence-corrected chi connectivity index (χ1v) is 6.80. The van der Waals surface area contributed by atoms with Crippen LogP contribution in [0.15, 0.2) is 0 Å². The van der Waals surface area contributed by atoms with Crippen molar-refractivity contribution in [2.24, 2.45) is 11.1 Å². The van der Waals surface area contributed by atoms with Gasteiger partial charge in [0.1, 0.15) is 0 Å². The van der Waals surface area contributed by atoms with Gasteiger partial charge < -0.3 is 10.6 Å². The Morgan fingerprint density at radius 2 is 1.76 bits per heavy atom. The van der Waals surface area contributed by atoms with Crippen molar-refractivity contribution in [1.29, 1.82) is 0 Å². The Labute approximate surface area is 106 Å². The van der Waals surface area contributed by atoms with Crippen molar-refractivity contribution in [3.05, 3.63) is 0 Å². The fraction of sp³-hybridized carbons (Fsp3) is 0.929. The quantitative estimate of drug-likeness (QED) is 0.806. The van der Waals surface area contributed by atoms with E-state index in [0.29, 0.717) is 18.5 Å². The Balaban J connectivity index is 2.62. The van der Waals surface area contributed by atoms with Gasteiger partial charge >= 0.3 is 0 Å². The van der Waals surface area contributed by atoms with Crippen LogP contribution in [-0.4, -0.2) is 28.9 Å². The summed E-state index contributed by atoms with van der Waals surface area (Å²) in [6.07, 6.45) is 3.96.